The smallest absolute Gasteiger partial charge is 0.194 e. The van der Waals surface area contributed by atoms with Crippen LogP contribution in [0.4, 0.5) is 0 Å². The van der Waals surface area contributed by atoms with Crippen molar-refractivity contribution in [2.45, 2.75) is 19.5 Å². The molecule has 2 heterocycles. The van der Waals surface area contributed by atoms with Gasteiger partial charge in [-0.3, -0.25) is 9.89 Å². The van der Waals surface area contributed by atoms with Gasteiger partial charge in [-0.1, -0.05) is 23.7 Å². The van der Waals surface area contributed by atoms with E-state index >= 15 is 0 Å². The van der Waals surface area contributed by atoms with Gasteiger partial charge in [-0.15, -0.1) is 24.0 Å². The fourth-order valence-electron chi connectivity index (χ4n) is 3.63. The Morgan fingerprint density at radius 3 is 2.53 bits per heavy atom. The Hall–Kier alpha value is -1.29. The van der Waals surface area contributed by atoms with Crippen molar-refractivity contribution in [3.8, 4) is 0 Å². The lowest BCUT2D eigenvalue weighted by molar-refractivity contribution is 0.0179. The maximum Gasteiger partial charge on any atom is 0.194 e. The maximum atomic E-state index is 6.11. The normalized spacial score (nSPS) is 16.1. The van der Waals surface area contributed by atoms with Crippen LogP contribution in [0.1, 0.15) is 24.2 Å². The zero-order valence-corrected chi connectivity index (χ0v) is 21.1. The van der Waals surface area contributed by atoms with Crippen LogP contribution < -0.4 is 5.32 Å². The van der Waals surface area contributed by atoms with Crippen molar-refractivity contribution in [3.63, 3.8) is 0 Å². The van der Waals surface area contributed by atoms with Crippen LogP contribution in [0.2, 0.25) is 5.02 Å². The minimum Gasteiger partial charge on any atom is -0.379 e. The molecule has 1 saturated heterocycles. The average molecular weight is 546 g/mol. The van der Waals surface area contributed by atoms with E-state index < -0.39 is 0 Å². The second-order valence-corrected chi connectivity index (χ2v) is 7.81. The Bertz CT molecular complexity index is 789. The lowest BCUT2D eigenvalue weighted by Gasteiger charge is -2.34. The van der Waals surface area contributed by atoms with E-state index in [9.17, 15) is 0 Å². The van der Waals surface area contributed by atoms with Gasteiger partial charge >= 0.3 is 0 Å². The molecular formula is C22H33ClIN5O. The van der Waals surface area contributed by atoms with E-state index in [-0.39, 0.29) is 30.0 Å². The molecule has 166 valence electrons. The number of morpholine rings is 1. The fourth-order valence-corrected chi connectivity index (χ4v) is 3.75. The van der Waals surface area contributed by atoms with Crippen molar-refractivity contribution in [3.05, 3.63) is 58.9 Å². The summed E-state index contributed by atoms with van der Waals surface area (Å²) in [4.78, 5) is 9.64. The van der Waals surface area contributed by atoms with Gasteiger partial charge in [0.25, 0.3) is 0 Å². The highest BCUT2D eigenvalue weighted by atomic mass is 127. The predicted octanol–water partition coefficient (Wildman–Crippen LogP) is 3.77. The summed E-state index contributed by atoms with van der Waals surface area (Å²) in [6, 6.07) is 12.6. The number of rotatable bonds is 7. The van der Waals surface area contributed by atoms with Crippen molar-refractivity contribution in [1.29, 1.82) is 0 Å². The van der Waals surface area contributed by atoms with Crippen LogP contribution >= 0.6 is 35.6 Å². The summed E-state index contributed by atoms with van der Waals surface area (Å²) in [7, 11) is 4.16. The molecule has 6 nitrogen and oxygen atoms in total. The first kappa shape index (κ1) is 25.0. The van der Waals surface area contributed by atoms with Gasteiger partial charge in [0.05, 0.1) is 32.3 Å². The number of hydrogen-bond acceptors (Lipinski definition) is 3. The molecule has 30 heavy (non-hydrogen) atoms. The van der Waals surface area contributed by atoms with Crippen LogP contribution in [-0.4, -0.2) is 66.8 Å². The van der Waals surface area contributed by atoms with Gasteiger partial charge in [0, 0.05) is 50.6 Å². The Balaban J connectivity index is 0.00000320. The highest BCUT2D eigenvalue weighted by molar-refractivity contribution is 14.0. The molecule has 1 fully saturated rings. The number of benzene rings is 1. The molecule has 0 spiro atoms. The van der Waals surface area contributed by atoms with Gasteiger partial charge in [-0.25, -0.2) is 0 Å². The summed E-state index contributed by atoms with van der Waals surface area (Å²) in [5, 5.41) is 4.19. The molecular weight excluding hydrogens is 513 g/mol. The van der Waals surface area contributed by atoms with Gasteiger partial charge in [-0.2, -0.15) is 0 Å². The Labute approximate surface area is 202 Å². The Morgan fingerprint density at radius 2 is 1.93 bits per heavy atom. The summed E-state index contributed by atoms with van der Waals surface area (Å²) in [6.45, 7) is 7.78. The number of ether oxygens (including phenoxy) is 1. The van der Waals surface area contributed by atoms with Crippen LogP contribution in [0.25, 0.3) is 0 Å². The minimum absolute atomic E-state index is 0. The molecule has 1 unspecified atom stereocenters. The molecule has 1 N–H and O–H groups in total. The van der Waals surface area contributed by atoms with Crippen LogP contribution in [0.3, 0.4) is 0 Å². The van der Waals surface area contributed by atoms with E-state index in [2.05, 4.69) is 71.2 Å². The molecule has 3 rings (SSSR count). The first-order valence-electron chi connectivity index (χ1n) is 10.3. The summed E-state index contributed by atoms with van der Waals surface area (Å²) in [5.74, 6) is 0.918. The lowest BCUT2D eigenvalue weighted by atomic mass is 10.0. The number of halogens is 2. The third-order valence-corrected chi connectivity index (χ3v) is 5.55. The molecule has 2 aromatic rings. The van der Waals surface area contributed by atoms with Gasteiger partial charge in [0.1, 0.15) is 0 Å². The molecule has 1 aliphatic rings. The van der Waals surface area contributed by atoms with Crippen LogP contribution in [0.15, 0.2) is 47.6 Å². The average Bonchev–Trinajstić information content (AvgIpc) is 3.13. The number of aliphatic imine (C=N–C) groups is 1. The first-order valence-corrected chi connectivity index (χ1v) is 10.6. The van der Waals surface area contributed by atoms with Crippen molar-refractivity contribution in [1.82, 2.24) is 19.7 Å². The van der Waals surface area contributed by atoms with Gasteiger partial charge in [-0.05, 0) is 36.8 Å². The number of guanidine groups is 1. The lowest BCUT2D eigenvalue weighted by Crippen LogP contribution is -2.42. The second kappa shape index (κ2) is 12.5. The SMILES string of the molecule is CCNC(=NCC(c1ccc(Cl)cc1)N1CCOCC1)N(C)Cc1cccn1C.I. The Kier molecular flexibility index (Phi) is 10.4. The quantitative estimate of drug-likeness (QED) is 0.327. The minimum atomic E-state index is 0. The third kappa shape index (κ3) is 6.87. The van der Waals surface area contributed by atoms with E-state index in [1.54, 1.807) is 0 Å². The zero-order valence-electron chi connectivity index (χ0n) is 18.1. The van der Waals surface area contributed by atoms with Crippen LogP contribution in [-0.2, 0) is 18.3 Å². The van der Waals surface area contributed by atoms with Gasteiger partial charge in [0.2, 0.25) is 0 Å². The first-order chi connectivity index (χ1) is 14.1. The highest BCUT2D eigenvalue weighted by Crippen LogP contribution is 2.24. The monoisotopic (exact) mass is 545 g/mol. The maximum absolute atomic E-state index is 6.11. The van der Waals surface area contributed by atoms with Gasteiger partial charge in [0.15, 0.2) is 5.96 Å². The third-order valence-electron chi connectivity index (χ3n) is 5.30. The molecule has 0 amide bonds. The largest absolute Gasteiger partial charge is 0.379 e. The molecule has 1 aromatic heterocycles. The van der Waals surface area contributed by atoms with E-state index in [4.69, 9.17) is 21.3 Å². The molecule has 1 atom stereocenters. The van der Waals surface area contributed by atoms with Crippen molar-refractivity contribution < 1.29 is 4.74 Å². The standard InChI is InChI=1S/C22H32ClN5O.HI/c1-4-24-22(27(3)17-20-6-5-11-26(20)2)25-16-21(28-12-14-29-15-13-28)18-7-9-19(23)10-8-18;/h5-11,21H,4,12-17H2,1-3H3,(H,24,25);1H. The van der Waals surface area contributed by atoms with Crippen LogP contribution in [0.5, 0.6) is 0 Å². The molecule has 0 bridgehead atoms. The molecule has 8 heteroatoms. The topological polar surface area (TPSA) is 45.0 Å². The molecule has 1 aliphatic heterocycles. The van der Waals surface area contributed by atoms with Crippen molar-refractivity contribution in [2.75, 3.05) is 46.4 Å². The second-order valence-electron chi connectivity index (χ2n) is 7.38. The van der Waals surface area contributed by atoms with E-state index in [1.165, 1.54) is 11.3 Å². The number of nitrogens with one attached hydrogen (secondary N) is 1. The molecule has 0 saturated carbocycles. The molecule has 1 aromatic carbocycles. The number of aryl methyl sites for hydroxylation is 1. The molecule has 0 radical (unpaired) electrons. The number of nitrogens with zero attached hydrogens (tertiary/aromatic N) is 4. The summed E-state index contributed by atoms with van der Waals surface area (Å²) in [6.07, 6.45) is 2.07. The number of aromatic nitrogens is 1. The van der Waals surface area contributed by atoms with E-state index in [1.807, 2.05) is 12.1 Å². The highest BCUT2D eigenvalue weighted by Gasteiger charge is 2.23. The van der Waals surface area contributed by atoms with E-state index in [0.29, 0.717) is 6.54 Å². The van der Waals surface area contributed by atoms with Crippen molar-refractivity contribution in [2.24, 2.45) is 12.0 Å². The van der Waals surface area contributed by atoms with E-state index in [0.717, 1.165) is 50.4 Å². The van der Waals surface area contributed by atoms with Crippen molar-refractivity contribution >= 4 is 41.5 Å². The summed E-state index contributed by atoms with van der Waals surface area (Å²) >= 11 is 6.11. The summed E-state index contributed by atoms with van der Waals surface area (Å²) < 4.78 is 7.70. The van der Waals surface area contributed by atoms with Crippen LogP contribution in [0, 0.1) is 0 Å². The Morgan fingerprint density at radius 1 is 1.23 bits per heavy atom. The molecule has 0 aliphatic carbocycles. The summed E-state index contributed by atoms with van der Waals surface area (Å²) in [5.41, 5.74) is 2.49. The predicted molar refractivity (Wildman–Crippen MR) is 135 cm³/mol. The zero-order chi connectivity index (χ0) is 20.6. The van der Waals surface area contributed by atoms with Gasteiger partial charge < -0.3 is 19.5 Å². The fraction of sp³-hybridized carbons (Fsp3) is 0.500. The number of hydrogen-bond donors (Lipinski definition) is 1.